The van der Waals surface area contributed by atoms with Crippen molar-refractivity contribution in [1.29, 1.82) is 0 Å². The van der Waals surface area contributed by atoms with E-state index in [1.807, 2.05) is 53.8 Å². The number of hydrogen-bond acceptors (Lipinski definition) is 3. The van der Waals surface area contributed by atoms with Crippen LogP contribution in [0.1, 0.15) is 42.6 Å². The molecule has 2 aromatic carbocycles. The number of aromatic nitrogens is 2. The van der Waals surface area contributed by atoms with Crippen LogP contribution < -0.4 is 4.74 Å². The second kappa shape index (κ2) is 8.76. The van der Waals surface area contributed by atoms with Gasteiger partial charge in [0.1, 0.15) is 11.6 Å². The Hall–Kier alpha value is -3.41. The fourth-order valence-electron chi connectivity index (χ4n) is 3.99. The molecule has 1 aromatic heterocycles. The third-order valence-electron chi connectivity index (χ3n) is 5.76. The van der Waals surface area contributed by atoms with Crippen LogP contribution in [0.5, 0.6) is 5.75 Å². The van der Waals surface area contributed by atoms with Crippen LogP contribution >= 0.6 is 0 Å². The number of rotatable bonds is 5. The Morgan fingerprint density at radius 2 is 1.97 bits per heavy atom. The van der Waals surface area contributed by atoms with Crippen molar-refractivity contribution in [3.63, 3.8) is 0 Å². The van der Waals surface area contributed by atoms with E-state index in [4.69, 9.17) is 4.74 Å². The average molecular weight is 420 g/mol. The van der Waals surface area contributed by atoms with Crippen molar-refractivity contribution in [1.82, 2.24) is 14.5 Å². The number of carbonyl (C=O) groups excluding carboxylic acids is 1. The minimum absolute atomic E-state index is 0.0134. The van der Waals surface area contributed by atoms with E-state index in [0.29, 0.717) is 12.3 Å². The smallest absolute Gasteiger partial charge is 0.250 e. The standard InChI is InChI=1S/C25H26FN3O2/c1-17-15-28(16-27-17)23-11-8-20(24(14-23)31-3)13-21-5-4-12-29(25(21)30)18(2)19-6-9-22(26)10-7-19/h6-11,13-16,18H,4-5,12H2,1-3H3/b21-13+/t18-/m0/s1. The summed E-state index contributed by atoms with van der Waals surface area (Å²) in [6, 6.07) is 12.1. The molecule has 0 unspecified atom stereocenters. The topological polar surface area (TPSA) is 47.4 Å². The molecule has 1 aliphatic heterocycles. The number of methoxy groups -OCH3 is 1. The monoisotopic (exact) mass is 419 g/mol. The first-order valence-electron chi connectivity index (χ1n) is 10.4. The summed E-state index contributed by atoms with van der Waals surface area (Å²) in [6.45, 7) is 4.61. The Balaban J connectivity index is 1.60. The zero-order valence-corrected chi connectivity index (χ0v) is 18.0. The van der Waals surface area contributed by atoms with E-state index in [1.54, 1.807) is 25.6 Å². The van der Waals surface area contributed by atoms with Crippen LogP contribution in [0.2, 0.25) is 0 Å². The molecule has 4 rings (SSSR count). The van der Waals surface area contributed by atoms with Gasteiger partial charge in [-0.15, -0.1) is 0 Å². The van der Waals surface area contributed by atoms with Gasteiger partial charge >= 0.3 is 0 Å². The van der Waals surface area contributed by atoms with Crippen molar-refractivity contribution < 1.29 is 13.9 Å². The van der Waals surface area contributed by atoms with Gasteiger partial charge in [0, 0.05) is 29.9 Å². The highest BCUT2D eigenvalue weighted by Crippen LogP contribution is 2.31. The second-order valence-electron chi connectivity index (χ2n) is 7.85. The van der Waals surface area contributed by atoms with Crippen molar-refractivity contribution in [3.05, 3.63) is 83.2 Å². The molecular weight excluding hydrogens is 393 g/mol. The van der Waals surface area contributed by atoms with Gasteiger partial charge in [-0.3, -0.25) is 4.79 Å². The molecule has 1 saturated heterocycles. The third-order valence-corrected chi connectivity index (χ3v) is 5.76. The maximum Gasteiger partial charge on any atom is 0.250 e. The number of ether oxygens (including phenoxy) is 1. The lowest BCUT2D eigenvalue weighted by molar-refractivity contribution is -0.130. The normalized spacial score (nSPS) is 16.6. The van der Waals surface area contributed by atoms with E-state index in [-0.39, 0.29) is 17.8 Å². The minimum atomic E-state index is -0.275. The predicted molar refractivity (Wildman–Crippen MR) is 119 cm³/mol. The molecule has 0 saturated carbocycles. The number of piperidine rings is 1. The summed E-state index contributed by atoms with van der Waals surface area (Å²) >= 11 is 0. The van der Waals surface area contributed by atoms with Crippen LogP contribution in [0, 0.1) is 12.7 Å². The number of nitrogens with zero attached hydrogens (tertiary/aromatic N) is 3. The molecule has 1 amide bonds. The van der Waals surface area contributed by atoms with E-state index in [9.17, 15) is 9.18 Å². The molecule has 2 heterocycles. The number of imidazole rings is 1. The summed E-state index contributed by atoms with van der Waals surface area (Å²) < 4.78 is 20.8. The van der Waals surface area contributed by atoms with E-state index < -0.39 is 0 Å². The van der Waals surface area contributed by atoms with E-state index in [2.05, 4.69) is 4.98 Å². The first-order valence-corrected chi connectivity index (χ1v) is 10.4. The second-order valence-corrected chi connectivity index (χ2v) is 7.85. The number of likely N-dealkylation sites (tertiary alicyclic amines) is 1. The number of carbonyl (C=O) groups is 1. The van der Waals surface area contributed by atoms with Crippen LogP contribution in [-0.2, 0) is 4.79 Å². The zero-order valence-electron chi connectivity index (χ0n) is 18.0. The maximum atomic E-state index is 13.3. The Kier molecular flexibility index (Phi) is 5.89. The molecule has 0 spiro atoms. The molecule has 6 heteroatoms. The summed E-state index contributed by atoms with van der Waals surface area (Å²) in [4.78, 5) is 19.4. The van der Waals surface area contributed by atoms with Gasteiger partial charge < -0.3 is 14.2 Å². The zero-order chi connectivity index (χ0) is 22.0. The van der Waals surface area contributed by atoms with Gasteiger partial charge in [-0.05, 0) is 62.6 Å². The fraction of sp³-hybridized carbons (Fsp3) is 0.280. The fourth-order valence-corrected chi connectivity index (χ4v) is 3.99. The Morgan fingerprint density at radius 1 is 1.19 bits per heavy atom. The van der Waals surface area contributed by atoms with Crippen molar-refractivity contribution in [2.24, 2.45) is 0 Å². The van der Waals surface area contributed by atoms with Gasteiger partial charge in [-0.1, -0.05) is 12.1 Å². The first kappa shape index (κ1) is 20.8. The molecule has 1 aliphatic rings. The quantitative estimate of drug-likeness (QED) is 0.541. The highest BCUT2D eigenvalue weighted by molar-refractivity contribution is 5.99. The minimum Gasteiger partial charge on any atom is -0.496 e. The highest BCUT2D eigenvalue weighted by atomic mass is 19.1. The third kappa shape index (κ3) is 4.38. The molecule has 5 nitrogen and oxygen atoms in total. The molecule has 0 radical (unpaired) electrons. The summed E-state index contributed by atoms with van der Waals surface area (Å²) in [7, 11) is 1.63. The molecule has 0 bridgehead atoms. The molecule has 3 aromatic rings. The van der Waals surface area contributed by atoms with Crippen molar-refractivity contribution in [2.45, 2.75) is 32.7 Å². The Morgan fingerprint density at radius 3 is 2.65 bits per heavy atom. The first-order chi connectivity index (χ1) is 15.0. The molecule has 0 N–H and O–H groups in total. The number of halogens is 1. The van der Waals surface area contributed by atoms with Gasteiger partial charge in [0.05, 0.1) is 30.9 Å². The predicted octanol–water partition coefficient (Wildman–Crippen LogP) is 5.10. The van der Waals surface area contributed by atoms with E-state index >= 15 is 0 Å². The molecule has 1 atom stereocenters. The van der Waals surface area contributed by atoms with Gasteiger partial charge in [-0.25, -0.2) is 9.37 Å². The van der Waals surface area contributed by atoms with E-state index in [1.165, 1.54) is 12.1 Å². The van der Waals surface area contributed by atoms with Crippen molar-refractivity contribution in [3.8, 4) is 11.4 Å². The SMILES string of the molecule is COc1cc(-n2cnc(C)c2)ccc1/C=C1\CCCN([C@@H](C)c2ccc(F)cc2)C1=O. The highest BCUT2D eigenvalue weighted by Gasteiger charge is 2.28. The van der Waals surface area contributed by atoms with E-state index in [0.717, 1.165) is 40.9 Å². The summed E-state index contributed by atoms with van der Waals surface area (Å²) in [5.41, 5.74) is 4.43. The number of hydrogen-bond donors (Lipinski definition) is 0. The van der Waals surface area contributed by atoms with Gasteiger partial charge in [-0.2, -0.15) is 0 Å². The van der Waals surface area contributed by atoms with Gasteiger partial charge in [0.2, 0.25) is 5.91 Å². The van der Waals surface area contributed by atoms with Crippen molar-refractivity contribution >= 4 is 12.0 Å². The summed E-state index contributed by atoms with van der Waals surface area (Å²) in [5.74, 6) is 0.440. The average Bonchev–Trinajstić information content (AvgIpc) is 3.22. The number of aryl methyl sites for hydroxylation is 1. The van der Waals surface area contributed by atoms with Crippen LogP contribution in [-0.4, -0.2) is 34.0 Å². The molecular formula is C25H26FN3O2. The molecule has 0 aliphatic carbocycles. The van der Waals surface area contributed by atoms with Gasteiger partial charge in [0.15, 0.2) is 0 Å². The summed E-state index contributed by atoms with van der Waals surface area (Å²) in [5, 5.41) is 0. The summed E-state index contributed by atoms with van der Waals surface area (Å²) in [6.07, 6.45) is 7.25. The molecule has 1 fully saturated rings. The van der Waals surface area contributed by atoms with Crippen molar-refractivity contribution in [2.75, 3.05) is 13.7 Å². The molecule has 31 heavy (non-hydrogen) atoms. The lowest BCUT2D eigenvalue weighted by Gasteiger charge is -2.34. The lowest BCUT2D eigenvalue weighted by Crippen LogP contribution is -2.38. The Labute approximate surface area is 181 Å². The number of benzene rings is 2. The molecule has 160 valence electrons. The van der Waals surface area contributed by atoms with Crippen LogP contribution in [0.15, 0.2) is 60.6 Å². The van der Waals surface area contributed by atoms with Crippen LogP contribution in [0.25, 0.3) is 11.8 Å². The largest absolute Gasteiger partial charge is 0.496 e. The Bertz CT molecular complexity index is 1120. The van der Waals surface area contributed by atoms with Crippen LogP contribution in [0.4, 0.5) is 4.39 Å². The van der Waals surface area contributed by atoms with Crippen LogP contribution in [0.3, 0.4) is 0 Å². The lowest BCUT2D eigenvalue weighted by atomic mass is 9.97. The maximum absolute atomic E-state index is 13.3. The van der Waals surface area contributed by atoms with Gasteiger partial charge in [0.25, 0.3) is 0 Å². The number of amides is 1.